The molecule has 0 aliphatic carbocycles. The normalized spacial score (nSPS) is 12.6. The van der Waals surface area contributed by atoms with E-state index in [0.29, 0.717) is 36.6 Å². The second-order valence-corrected chi connectivity index (χ2v) is 4.02. The molecule has 0 unspecified atom stereocenters. The fraction of sp³-hybridized carbons (Fsp3) is 0.357. The maximum absolute atomic E-state index is 11.6. The lowest BCUT2D eigenvalue weighted by molar-refractivity contribution is -0.135. The van der Waals surface area contributed by atoms with Crippen LogP contribution in [0.1, 0.15) is 29.8 Å². The van der Waals surface area contributed by atoms with Gasteiger partial charge in [-0.3, -0.25) is 0 Å². The summed E-state index contributed by atoms with van der Waals surface area (Å²) in [6.45, 7) is 4.15. The molecule has 1 aromatic rings. The summed E-state index contributed by atoms with van der Waals surface area (Å²) in [5.74, 6) is -0.790. The fourth-order valence-corrected chi connectivity index (χ4v) is 1.86. The molecule has 0 saturated carbocycles. The highest BCUT2D eigenvalue weighted by molar-refractivity contribution is 6.38. The molecule has 5 heteroatoms. The van der Waals surface area contributed by atoms with Gasteiger partial charge in [0, 0.05) is 6.42 Å². The molecule has 0 bridgehead atoms. The topological polar surface area (TPSA) is 65.0 Å². The minimum Gasteiger partial charge on any atom is -0.462 e. The quantitative estimate of drug-likeness (QED) is 0.778. The number of benzene rings is 1. The summed E-state index contributed by atoms with van der Waals surface area (Å²) in [6.07, 6.45) is 0.442. The van der Waals surface area contributed by atoms with Crippen molar-refractivity contribution in [1.29, 1.82) is 0 Å². The van der Waals surface area contributed by atoms with Crippen molar-refractivity contribution in [1.82, 2.24) is 0 Å². The number of fused-ring (bicyclic) bond motifs is 1. The van der Waals surface area contributed by atoms with E-state index in [1.54, 1.807) is 32.0 Å². The number of aliphatic imine (C=N–C) groups is 1. The monoisotopic (exact) mass is 261 g/mol. The first-order valence-electron chi connectivity index (χ1n) is 6.20. The molecule has 0 radical (unpaired) electrons. The van der Waals surface area contributed by atoms with Crippen LogP contribution < -0.4 is 0 Å². The van der Waals surface area contributed by atoms with Crippen molar-refractivity contribution in [3.05, 3.63) is 29.3 Å². The predicted molar refractivity (Wildman–Crippen MR) is 69.8 cm³/mol. The molecule has 0 saturated heterocycles. The van der Waals surface area contributed by atoms with Crippen molar-refractivity contribution in [2.75, 3.05) is 13.2 Å². The van der Waals surface area contributed by atoms with E-state index < -0.39 is 5.97 Å². The number of carbonyl (C=O) groups excluding carboxylic acids is 2. The number of nitrogens with zero attached hydrogens (tertiary/aromatic N) is 1. The van der Waals surface area contributed by atoms with Gasteiger partial charge in [0.1, 0.15) is 5.71 Å². The Kier molecular flexibility index (Phi) is 3.94. The predicted octanol–water partition coefficient (Wildman–Crippen LogP) is 2.05. The Morgan fingerprint density at radius 3 is 2.53 bits per heavy atom. The Morgan fingerprint density at radius 2 is 1.84 bits per heavy atom. The van der Waals surface area contributed by atoms with Gasteiger partial charge in [0.15, 0.2) is 0 Å². The minimum absolute atomic E-state index is 0.322. The second-order valence-electron chi connectivity index (χ2n) is 4.02. The van der Waals surface area contributed by atoms with Gasteiger partial charge in [-0.1, -0.05) is 6.07 Å². The molecule has 0 atom stereocenters. The van der Waals surface area contributed by atoms with Gasteiger partial charge in [0.25, 0.3) is 0 Å². The van der Waals surface area contributed by atoms with E-state index >= 15 is 0 Å². The Balaban J connectivity index is 2.21. The minimum atomic E-state index is -0.406. The molecule has 1 aliphatic rings. The van der Waals surface area contributed by atoms with Gasteiger partial charge in [-0.05, 0) is 31.5 Å². The van der Waals surface area contributed by atoms with E-state index in [0.717, 1.165) is 5.56 Å². The molecule has 2 rings (SSSR count). The molecular weight excluding hydrogens is 246 g/mol. The van der Waals surface area contributed by atoms with Crippen molar-refractivity contribution in [3.8, 4) is 0 Å². The Hall–Kier alpha value is -2.17. The summed E-state index contributed by atoms with van der Waals surface area (Å²) in [4.78, 5) is 27.4. The van der Waals surface area contributed by atoms with Crippen LogP contribution in [-0.4, -0.2) is 30.9 Å². The van der Waals surface area contributed by atoms with E-state index in [1.165, 1.54) is 0 Å². The van der Waals surface area contributed by atoms with Crippen LogP contribution in [0.15, 0.2) is 23.2 Å². The molecule has 0 N–H and O–H groups in total. The largest absolute Gasteiger partial charge is 0.462 e. The van der Waals surface area contributed by atoms with Gasteiger partial charge >= 0.3 is 11.9 Å². The van der Waals surface area contributed by atoms with E-state index in [2.05, 4.69) is 4.99 Å². The van der Waals surface area contributed by atoms with Crippen LogP contribution in [0.4, 0.5) is 5.69 Å². The van der Waals surface area contributed by atoms with Gasteiger partial charge in [-0.2, -0.15) is 0 Å². The molecule has 1 heterocycles. The number of hydrogen-bond acceptors (Lipinski definition) is 5. The molecule has 100 valence electrons. The number of carbonyl (C=O) groups is 2. The highest BCUT2D eigenvalue weighted by atomic mass is 16.5. The summed E-state index contributed by atoms with van der Waals surface area (Å²) in [7, 11) is 0. The molecule has 19 heavy (non-hydrogen) atoms. The van der Waals surface area contributed by atoms with Crippen LogP contribution in [0.2, 0.25) is 0 Å². The van der Waals surface area contributed by atoms with Crippen LogP contribution in [0.3, 0.4) is 0 Å². The van der Waals surface area contributed by atoms with Crippen LogP contribution in [-0.2, 0) is 20.7 Å². The third kappa shape index (κ3) is 2.81. The van der Waals surface area contributed by atoms with E-state index in [-0.39, 0.29) is 5.97 Å². The van der Waals surface area contributed by atoms with Gasteiger partial charge in [0.2, 0.25) is 0 Å². The zero-order chi connectivity index (χ0) is 13.8. The second kappa shape index (κ2) is 5.65. The maximum Gasteiger partial charge on any atom is 0.353 e. The molecule has 0 spiro atoms. The number of ether oxygens (including phenoxy) is 2. The van der Waals surface area contributed by atoms with Crippen LogP contribution in [0.25, 0.3) is 0 Å². The van der Waals surface area contributed by atoms with Gasteiger partial charge in [-0.25, -0.2) is 14.6 Å². The Morgan fingerprint density at radius 1 is 1.16 bits per heavy atom. The smallest absolute Gasteiger partial charge is 0.353 e. The van der Waals surface area contributed by atoms with Crippen molar-refractivity contribution >= 4 is 23.3 Å². The zero-order valence-corrected chi connectivity index (χ0v) is 10.9. The van der Waals surface area contributed by atoms with E-state index in [1.807, 2.05) is 0 Å². The third-order valence-electron chi connectivity index (χ3n) is 2.72. The molecule has 1 aliphatic heterocycles. The molecular formula is C14H15NO4. The highest BCUT2D eigenvalue weighted by Crippen LogP contribution is 2.28. The fourth-order valence-electron chi connectivity index (χ4n) is 1.86. The number of esters is 2. The maximum atomic E-state index is 11.6. The lowest BCUT2D eigenvalue weighted by Crippen LogP contribution is -2.17. The number of rotatable bonds is 4. The Bertz CT molecular complexity index is 548. The summed E-state index contributed by atoms with van der Waals surface area (Å²) in [5.41, 5.74) is 2.36. The standard InChI is InChI=1S/C14H15NO4/c1-3-18-13(16)10-6-5-9-7-12(14(17)19-4-2)15-11(9)8-10/h5-6,8H,3-4,7H2,1-2H3. The van der Waals surface area contributed by atoms with Crippen LogP contribution in [0.5, 0.6) is 0 Å². The van der Waals surface area contributed by atoms with Crippen LogP contribution in [0, 0.1) is 0 Å². The molecule has 1 aromatic carbocycles. The van der Waals surface area contributed by atoms with Gasteiger partial charge in [0.05, 0.1) is 24.5 Å². The van der Waals surface area contributed by atoms with Crippen molar-refractivity contribution in [2.45, 2.75) is 20.3 Å². The van der Waals surface area contributed by atoms with Gasteiger partial charge in [-0.15, -0.1) is 0 Å². The third-order valence-corrected chi connectivity index (χ3v) is 2.72. The summed E-state index contributed by atoms with van der Waals surface area (Å²) in [6, 6.07) is 5.11. The molecule has 0 amide bonds. The van der Waals surface area contributed by atoms with Crippen molar-refractivity contribution in [3.63, 3.8) is 0 Å². The molecule has 5 nitrogen and oxygen atoms in total. The average molecular weight is 261 g/mol. The number of hydrogen-bond donors (Lipinski definition) is 0. The SMILES string of the molecule is CCOC(=O)C1=Nc2cc(C(=O)OCC)ccc2C1. The lowest BCUT2D eigenvalue weighted by Gasteiger charge is -2.03. The first-order chi connectivity index (χ1) is 9.15. The van der Waals surface area contributed by atoms with Crippen molar-refractivity contribution in [2.24, 2.45) is 4.99 Å². The molecule has 0 fully saturated rings. The zero-order valence-electron chi connectivity index (χ0n) is 10.9. The van der Waals surface area contributed by atoms with Crippen molar-refractivity contribution < 1.29 is 19.1 Å². The first kappa shape index (κ1) is 13.3. The highest BCUT2D eigenvalue weighted by Gasteiger charge is 2.22. The van der Waals surface area contributed by atoms with E-state index in [4.69, 9.17) is 9.47 Å². The average Bonchev–Trinajstić information content (AvgIpc) is 2.82. The molecule has 0 aromatic heterocycles. The summed E-state index contributed by atoms with van der Waals surface area (Å²) < 4.78 is 9.83. The first-order valence-corrected chi connectivity index (χ1v) is 6.20. The van der Waals surface area contributed by atoms with E-state index in [9.17, 15) is 9.59 Å². The lowest BCUT2D eigenvalue weighted by atomic mass is 10.1. The van der Waals surface area contributed by atoms with Gasteiger partial charge < -0.3 is 9.47 Å². The Labute approximate surface area is 111 Å². The summed E-state index contributed by atoms with van der Waals surface area (Å²) >= 11 is 0. The van der Waals surface area contributed by atoms with Crippen LogP contribution >= 0.6 is 0 Å². The summed E-state index contributed by atoms with van der Waals surface area (Å²) in [5, 5.41) is 0.